The number of alkyl halides is 2. The fourth-order valence-corrected chi connectivity index (χ4v) is 2.39. The predicted molar refractivity (Wildman–Crippen MR) is 69.9 cm³/mol. The van der Waals surface area contributed by atoms with E-state index in [1.807, 2.05) is 0 Å². The molecule has 1 saturated heterocycles. The Labute approximate surface area is 116 Å². The number of nitrogens with zero attached hydrogens (tertiary/aromatic N) is 2. The van der Waals surface area contributed by atoms with Crippen LogP contribution in [0.2, 0.25) is 5.02 Å². The molecule has 19 heavy (non-hydrogen) atoms. The molecule has 0 atom stereocenters. The maximum absolute atomic E-state index is 12.2. The molecule has 2 rings (SSSR count). The number of rotatable bonds is 5. The summed E-state index contributed by atoms with van der Waals surface area (Å²) in [6, 6.07) is 1.73. The van der Waals surface area contributed by atoms with Gasteiger partial charge in [0.1, 0.15) is 10.8 Å². The lowest BCUT2D eigenvalue weighted by molar-refractivity contribution is 0.0620. The van der Waals surface area contributed by atoms with Crippen LogP contribution in [0.3, 0.4) is 0 Å². The van der Waals surface area contributed by atoms with Crippen molar-refractivity contribution in [2.24, 2.45) is 5.92 Å². The van der Waals surface area contributed by atoms with Crippen molar-refractivity contribution in [1.82, 2.24) is 9.88 Å². The van der Waals surface area contributed by atoms with Crippen molar-refractivity contribution in [1.29, 1.82) is 0 Å². The molecular formula is C13H17ClF2N2O. The summed E-state index contributed by atoms with van der Waals surface area (Å²) in [5.41, 5.74) is 0. The Balaban J connectivity index is 1.73. The summed E-state index contributed by atoms with van der Waals surface area (Å²) in [6.07, 6.45) is 2.70. The minimum absolute atomic E-state index is 0.121. The topological polar surface area (TPSA) is 25.4 Å². The molecule has 3 nitrogen and oxygen atoms in total. The standard InChI is InChI=1S/C13H17ClF2N2O/c14-11-7-17-4-1-12(11)19-9-10-2-5-18(6-3-10)8-13(15)16/h1,4,7,10,13H,2-3,5-6,8-9H2. The molecular weight excluding hydrogens is 274 g/mol. The van der Waals surface area contributed by atoms with E-state index in [-0.39, 0.29) is 6.54 Å². The fraction of sp³-hybridized carbons (Fsp3) is 0.615. The normalized spacial score (nSPS) is 17.9. The van der Waals surface area contributed by atoms with E-state index in [1.54, 1.807) is 23.4 Å². The van der Waals surface area contributed by atoms with Gasteiger partial charge in [-0.15, -0.1) is 0 Å². The molecule has 1 aliphatic heterocycles. The molecule has 0 aliphatic carbocycles. The first-order valence-electron chi connectivity index (χ1n) is 6.38. The Kier molecular flexibility index (Phi) is 5.34. The molecule has 1 aromatic heterocycles. The first-order valence-corrected chi connectivity index (χ1v) is 6.75. The van der Waals surface area contributed by atoms with Crippen LogP contribution in [0, 0.1) is 5.92 Å². The van der Waals surface area contributed by atoms with Crippen LogP contribution in [0.4, 0.5) is 8.78 Å². The lowest BCUT2D eigenvalue weighted by Crippen LogP contribution is -2.38. The molecule has 0 unspecified atom stereocenters. The third-order valence-corrected chi connectivity index (χ3v) is 3.60. The van der Waals surface area contributed by atoms with Gasteiger partial charge in [0.05, 0.1) is 13.2 Å². The Morgan fingerprint density at radius 3 is 2.79 bits per heavy atom. The predicted octanol–water partition coefficient (Wildman–Crippen LogP) is 3.09. The van der Waals surface area contributed by atoms with Crippen molar-refractivity contribution >= 4 is 11.6 Å². The maximum atomic E-state index is 12.2. The van der Waals surface area contributed by atoms with E-state index in [4.69, 9.17) is 16.3 Å². The lowest BCUT2D eigenvalue weighted by Gasteiger charge is -2.31. The minimum Gasteiger partial charge on any atom is -0.492 e. The van der Waals surface area contributed by atoms with Crippen LogP contribution in [0.5, 0.6) is 5.75 Å². The summed E-state index contributed by atoms with van der Waals surface area (Å²) < 4.78 is 30.1. The molecule has 0 saturated carbocycles. The van der Waals surface area contributed by atoms with E-state index in [0.717, 1.165) is 12.8 Å². The Morgan fingerprint density at radius 2 is 2.16 bits per heavy atom. The Hall–Kier alpha value is -0.940. The number of piperidine rings is 1. The summed E-state index contributed by atoms with van der Waals surface area (Å²) in [5.74, 6) is 1.03. The number of pyridine rings is 1. The third kappa shape index (κ3) is 4.58. The van der Waals surface area contributed by atoms with Crippen molar-refractivity contribution in [3.63, 3.8) is 0 Å². The Morgan fingerprint density at radius 1 is 1.42 bits per heavy atom. The Bertz CT molecular complexity index is 398. The second-order valence-electron chi connectivity index (χ2n) is 4.75. The number of hydrogen-bond acceptors (Lipinski definition) is 3. The molecule has 106 valence electrons. The third-order valence-electron chi connectivity index (χ3n) is 3.31. The average molecular weight is 291 g/mol. The highest BCUT2D eigenvalue weighted by Gasteiger charge is 2.21. The SMILES string of the molecule is FC(F)CN1CCC(COc2ccncc2Cl)CC1. The smallest absolute Gasteiger partial charge is 0.251 e. The zero-order chi connectivity index (χ0) is 13.7. The van der Waals surface area contributed by atoms with E-state index in [2.05, 4.69) is 4.98 Å². The summed E-state index contributed by atoms with van der Waals surface area (Å²) in [4.78, 5) is 5.69. The molecule has 1 aliphatic rings. The van der Waals surface area contributed by atoms with Crippen LogP contribution in [0.25, 0.3) is 0 Å². The van der Waals surface area contributed by atoms with Gasteiger partial charge < -0.3 is 4.74 Å². The van der Waals surface area contributed by atoms with E-state index < -0.39 is 6.43 Å². The van der Waals surface area contributed by atoms with Crippen LogP contribution in [-0.4, -0.2) is 42.6 Å². The van der Waals surface area contributed by atoms with Gasteiger partial charge in [0.2, 0.25) is 0 Å². The molecule has 0 radical (unpaired) electrons. The highest BCUT2D eigenvalue weighted by Crippen LogP contribution is 2.24. The lowest BCUT2D eigenvalue weighted by atomic mass is 9.98. The van der Waals surface area contributed by atoms with Gasteiger partial charge in [0.15, 0.2) is 0 Å². The summed E-state index contributed by atoms with van der Waals surface area (Å²) in [7, 11) is 0. The van der Waals surface area contributed by atoms with E-state index in [9.17, 15) is 8.78 Å². The van der Waals surface area contributed by atoms with Gasteiger partial charge in [0, 0.05) is 18.5 Å². The van der Waals surface area contributed by atoms with Gasteiger partial charge >= 0.3 is 0 Å². The van der Waals surface area contributed by atoms with Gasteiger partial charge in [-0.3, -0.25) is 9.88 Å². The van der Waals surface area contributed by atoms with Crippen LogP contribution < -0.4 is 4.74 Å². The van der Waals surface area contributed by atoms with Crippen molar-refractivity contribution in [3.05, 3.63) is 23.5 Å². The molecule has 0 N–H and O–H groups in total. The first kappa shape index (κ1) is 14.5. The summed E-state index contributed by atoms with van der Waals surface area (Å²) >= 11 is 5.94. The number of halogens is 3. The highest BCUT2D eigenvalue weighted by molar-refractivity contribution is 6.31. The number of likely N-dealkylation sites (tertiary alicyclic amines) is 1. The largest absolute Gasteiger partial charge is 0.492 e. The molecule has 0 amide bonds. The van der Waals surface area contributed by atoms with Crippen LogP contribution in [0.1, 0.15) is 12.8 Å². The second-order valence-corrected chi connectivity index (χ2v) is 5.16. The minimum atomic E-state index is -2.25. The molecule has 2 heterocycles. The zero-order valence-corrected chi connectivity index (χ0v) is 11.3. The van der Waals surface area contributed by atoms with Gasteiger partial charge in [-0.2, -0.15) is 0 Å². The number of ether oxygens (including phenoxy) is 1. The van der Waals surface area contributed by atoms with Crippen LogP contribution in [0.15, 0.2) is 18.5 Å². The van der Waals surface area contributed by atoms with Gasteiger partial charge in [0.25, 0.3) is 6.43 Å². The van der Waals surface area contributed by atoms with E-state index >= 15 is 0 Å². The van der Waals surface area contributed by atoms with Crippen molar-refractivity contribution in [2.45, 2.75) is 19.3 Å². The van der Waals surface area contributed by atoms with E-state index in [0.29, 0.717) is 36.4 Å². The second kappa shape index (κ2) is 7.01. The highest BCUT2D eigenvalue weighted by atomic mass is 35.5. The van der Waals surface area contributed by atoms with Crippen LogP contribution in [-0.2, 0) is 0 Å². The van der Waals surface area contributed by atoms with E-state index in [1.165, 1.54) is 0 Å². The van der Waals surface area contributed by atoms with Crippen LogP contribution >= 0.6 is 11.6 Å². The molecule has 6 heteroatoms. The fourth-order valence-electron chi connectivity index (χ4n) is 2.22. The number of aromatic nitrogens is 1. The monoisotopic (exact) mass is 290 g/mol. The molecule has 0 bridgehead atoms. The van der Waals surface area contributed by atoms with Gasteiger partial charge in [-0.05, 0) is 31.8 Å². The van der Waals surface area contributed by atoms with Crippen molar-refractivity contribution < 1.29 is 13.5 Å². The quantitative estimate of drug-likeness (QED) is 0.833. The van der Waals surface area contributed by atoms with Gasteiger partial charge in [-0.25, -0.2) is 8.78 Å². The average Bonchev–Trinajstić information content (AvgIpc) is 2.39. The van der Waals surface area contributed by atoms with Crippen molar-refractivity contribution in [2.75, 3.05) is 26.2 Å². The number of hydrogen-bond donors (Lipinski definition) is 0. The maximum Gasteiger partial charge on any atom is 0.251 e. The van der Waals surface area contributed by atoms with Crippen molar-refractivity contribution in [3.8, 4) is 5.75 Å². The molecule has 1 fully saturated rings. The zero-order valence-electron chi connectivity index (χ0n) is 10.6. The molecule has 0 spiro atoms. The molecule has 0 aromatic carbocycles. The summed E-state index contributed by atoms with van der Waals surface area (Å²) in [5, 5.41) is 0.498. The summed E-state index contributed by atoms with van der Waals surface area (Å²) in [6.45, 7) is 1.88. The first-order chi connectivity index (χ1) is 9.15. The van der Waals surface area contributed by atoms with Gasteiger partial charge in [-0.1, -0.05) is 11.6 Å². The molecule has 1 aromatic rings.